The Balaban J connectivity index is 0.00000156. The fourth-order valence-corrected chi connectivity index (χ4v) is 3.28. The second-order valence-corrected chi connectivity index (χ2v) is 6.86. The molecule has 144 valence electrons. The Labute approximate surface area is 161 Å². The van der Waals surface area contributed by atoms with E-state index in [1.165, 1.54) is 12.8 Å². The maximum absolute atomic E-state index is 12.3. The maximum atomic E-state index is 12.3. The van der Waals surface area contributed by atoms with E-state index in [4.69, 9.17) is 4.42 Å². The van der Waals surface area contributed by atoms with Gasteiger partial charge in [0.25, 0.3) is 5.91 Å². The number of nitrogens with zero attached hydrogens (tertiary/aromatic N) is 1. The lowest BCUT2D eigenvalue weighted by Gasteiger charge is -2.29. The molecule has 0 unspecified atom stereocenters. The smallest absolute Gasteiger partial charge is 0.287 e. The third-order valence-corrected chi connectivity index (χ3v) is 4.91. The number of nitrogens with one attached hydrogen (secondary N) is 2. The molecular weight excluding hydrogens is 365 g/mol. The summed E-state index contributed by atoms with van der Waals surface area (Å²) in [6.45, 7) is 6.55. The van der Waals surface area contributed by atoms with Crippen molar-refractivity contribution in [3.8, 4) is 0 Å². The van der Waals surface area contributed by atoms with Gasteiger partial charge in [0.1, 0.15) is 5.76 Å². The molecule has 0 spiro atoms. The average Bonchev–Trinajstić information content (AvgIpc) is 3.00. The summed E-state index contributed by atoms with van der Waals surface area (Å²) in [6, 6.07) is 3.40. The molecule has 0 saturated carbocycles. The van der Waals surface area contributed by atoms with Gasteiger partial charge < -0.3 is 20.2 Å². The van der Waals surface area contributed by atoms with Gasteiger partial charge in [-0.15, -0.1) is 24.8 Å². The second kappa shape index (κ2) is 10.4. The van der Waals surface area contributed by atoms with Crippen molar-refractivity contribution in [1.29, 1.82) is 0 Å². The molecule has 0 radical (unpaired) electrons. The zero-order valence-electron chi connectivity index (χ0n) is 14.6. The van der Waals surface area contributed by atoms with E-state index in [9.17, 15) is 9.90 Å². The van der Waals surface area contributed by atoms with Crippen molar-refractivity contribution in [2.24, 2.45) is 5.92 Å². The summed E-state index contributed by atoms with van der Waals surface area (Å²) in [6.07, 6.45) is 2.63. The number of carbonyl (C=O) groups excluding carboxylic acids is 1. The Bertz CT molecular complexity index is 533. The first kappa shape index (κ1) is 22.3. The molecule has 0 aliphatic carbocycles. The Morgan fingerprint density at radius 2 is 2.04 bits per heavy atom. The molecule has 3 N–H and O–H groups in total. The summed E-state index contributed by atoms with van der Waals surface area (Å²) in [4.78, 5) is 14.6. The standard InChI is InChI=1S/C17H27N3O3.2ClH/c1-12-5-8-20(9-6-12)11-13-2-3-16(23-13)17(22)19-14-4-7-18-10-15(14)21;;/h2-3,12,14-15,18,21H,4-11H2,1H3,(H,19,22);2*1H/t14-,15-;;/m1../s1. The van der Waals surface area contributed by atoms with Gasteiger partial charge in [-0.1, -0.05) is 6.92 Å². The highest BCUT2D eigenvalue weighted by atomic mass is 35.5. The average molecular weight is 394 g/mol. The lowest BCUT2D eigenvalue weighted by molar-refractivity contribution is 0.0740. The lowest BCUT2D eigenvalue weighted by Crippen LogP contribution is -2.52. The Morgan fingerprint density at radius 1 is 1.32 bits per heavy atom. The molecule has 2 atom stereocenters. The molecule has 2 aliphatic rings. The van der Waals surface area contributed by atoms with Crippen LogP contribution < -0.4 is 10.6 Å². The summed E-state index contributed by atoms with van der Waals surface area (Å²) in [5.74, 6) is 1.72. The predicted molar refractivity (Wildman–Crippen MR) is 102 cm³/mol. The molecule has 2 aliphatic heterocycles. The Kier molecular flexibility index (Phi) is 9.24. The van der Waals surface area contributed by atoms with Crippen molar-refractivity contribution >= 4 is 30.7 Å². The minimum absolute atomic E-state index is 0. The van der Waals surface area contributed by atoms with Crippen LogP contribution in [0, 0.1) is 5.92 Å². The Morgan fingerprint density at radius 3 is 2.72 bits per heavy atom. The zero-order chi connectivity index (χ0) is 16.2. The van der Waals surface area contributed by atoms with Gasteiger partial charge in [0.15, 0.2) is 5.76 Å². The van der Waals surface area contributed by atoms with E-state index in [0.29, 0.717) is 12.3 Å². The first-order valence-corrected chi connectivity index (χ1v) is 8.62. The maximum Gasteiger partial charge on any atom is 0.287 e. The summed E-state index contributed by atoms with van der Waals surface area (Å²) in [7, 11) is 0. The first-order chi connectivity index (χ1) is 11.1. The molecule has 0 bridgehead atoms. The second-order valence-electron chi connectivity index (χ2n) is 6.86. The van der Waals surface area contributed by atoms with Crippen molar-refractivity contribution in [1.82, 2.24) is 15.5 Å². The van der Waals surface area contributed by atoms with Crippen LogP contribution in [0.5, 0.6) is 0 Å². The van der Waals surface area contributed by atoms with E-state index in [1.807, 2.05) is 6.07 Å². The predicted octanol–water partition coefficient (Wildman–Crippen LogP) is 1.81. The van der Waals surface area contributed by atoms with Gasteiger partial charge in [-0.2, -0.15) is 0 Å². The van der Waals surface area contributed by atoms with Crippen LogP contribution in [-0.2, 0) is 6.54 Å². The number of piperidine rings is 2. The van der Waals surface area contributed by atoms with Gasteiger partial charge in [-0.05, 0) is 56.9 Å². The third kappa shape index (κ3) is 6.15. The highest BCUT2D eigenvalue weighted by molar-refractivity contribution is 5.91. The van der Waals surface area contributed by atoms with Gasteiger partial charge in [0, 0.05) is 6.54 Å². The normalized spacial score (nSPS) is 24.9. The van der Waals surface area contributed by atoms with Crippen molar-refractivity contribution in [3.63, 3.8) is 0 Å². The summed E-state index contributed by atoms with van der Waals surface area (Å²) < 4.78 is 5.70. The van der Waals surface area contributed by atoms with Crippen molar-refractivity contribution in [3.05, 3.63) is 23.7 Å². The summed E-state index contributed by atoms with van der Waals surface area (Å²) >= 11 is 0. The van der Waals surface area contributed by atoms with E-state index in [2.05, 4.69) is 22.5 Å². The topological polar surface area (TPSA) is 77.7 Å². The van der Waals surface area contributed by atoms with Gasteiger partial charge in [-0.3, -0.25) is 9.69 Å². The number of hydrogen-bond donors (Lipinski definition) is 3. The number of halogens is 2. The van der Waals surface area contributed by atoms with Gasteiger partial charge in [-0.25, -0.2) is 0 Å². The molecule has 8 heteroatoms. The van der Waals surface area contributed by atoms with Gasteiger partial charge in [0.2, 0.25) is 0 Å². The molecule has 3 heterocycles. The van der Waals surface area contributed by atoms with E-state index >= 15 is 0 Å². The van der Waals surface area contributed by atoms with E-state index in [-0.39, 0.29) is 36.8 Å². The van der Waals surface area contributed by atoms with Crippen LogP contribution in [-0.4, -0.2) is 54.2 Å². The number of aliphatic hydroxyl groups excluding tert-OH is 1. The van der Waals surface area contributed by atoms with Crippen molar-refractivity contribution in [2.45, 2.75) is 44.9 Å². The zero-order valence-corrected chi connectivity index (χ0v) is 16.2. The molecule has 1 amide bonds. The van der Waals surface area contributed by atoms with Crippen LogP contribution in [0.3, 0.4) is 0 Å². The summed E-state index contributed by atoms with van der Waals surface area (Å²) in [5, 5.41) is 15.9. The molecule has 0 aromatic carbocycles. The van der Waals surface area contributed by atoms with Crippen LogP contribution in [0.25, 0.3) is 0 Å². The fraction of sp³-hybridized carbons (Fsp3) is 0.706. The van der Waals surface area contributed by atoms with Crippen LogP contribution >= 0.6 is 24.8 Å². The van der Waals surface area contributed by atoms with E-state index < -0.39 is 6.10 Å². The number of amides is 1. The number of hydrogen-bond acceptors (Lipinski definition) is 5. The Hall–Kier alpha value is -0.790. The number of β-amino-alcohol motifs (C(OH)–C–C–N with tert-alkyl or cyclic N) is 1. The highest BCUT2D eigenvalue weighted by Crippen LogP contribution is 2.19. The molecule has 1 aromatic heterocycles. The van der Waals surface area contributed by atoms with Crippen LogP contribution in [0.1, 0.15) is 42.5 Å². The summed E-state index contributed by atoms with van der Waals surface area (Å²) in [5.41, 5.74) is 0. The number of carbonyl (C=O) groups is 1. The van der Waals surface area contributed by atoms with Gasteiger partial charge in [0.05, 0.1) is 18.7 Å². The molecule has 6 nitrogen and oxygen atoms in total. The lowest BCUT2D eigenvalue weighted by atomic mass is 9.99. The molecule has 3 rings (SSSR count). The van der Waals surface area contributed by atoms with Crippen LogP contribution in [0.4, 0.5) is 0 Å². The van der Waals surface area contributed by atoms with E-state index in [1.54, 1.807) is 6.07 Å². The first-order valence-electron chi connectivity index (χ1n) is 8.62. The molecule has 25 heavy (non-hydrogen) atoms. The minimum atomic E-state index is -0.544. The number of rotatable bonds is 4. The molecule has 1 aromatic rings. The monoisotopic (exact) mass is 393 g/mol. The SMILES string of the molecule is CC1CCN(Cc2ccc(C(=O)N[C@@H]3CCNC[C@H]3O)o2)CC1.Cl.Cl. The molecule has 2 saturated heterocycles. The fourth-order valence-electron chi connectivity index (χ4n) is 3.28. The largest absolute Gasteiger partial charge is 0.455 e. The van der Waals surface area contributed by atoms with Gasteiger partial charge >= 0.3 is 0 Å². The molecular formula is C17H29Cl2N3O3. The van der Waals surface area contributed by atoms with Crippen molar-refractivity contribution < 1.29 is 14.3 Å². The van der Waals surface area contributed by atoms with Crippen molar-refractivity contribution in [2.75, 3.05) is 26.2 Å². The highest BCUT2D eigenvalue weighted by Gasteiger charge is 2.26. The van der Waals surface area contributed by atoms with Crippen LogP contribution in [0.15, 0.2) is 16.5 Å². The minimum Gasteiger partial charge on any atom is -0.455 e. The van der Waals surface area contributed by atoms with Crippen LogP contribution in [0.2, 0.25) is 0 Å². The van der Waals surface area contributed by atoms with E-state index in [0.717, 1.165) is 44.3 Å². The number of furan rings is 1. The quantitative estimate of drug-likeness (QED) is 0.726. The third-order valence-electron chi connectivity index (χ3n) is 4.91. The molecule has 2 fully saturated rings. The number of likely N-dealkylation sites (tertiary alicyclic amines) is 1. The number of aliphatic hydroxyl groups is 1.